The summed E-state index contributed by atoms with van der Waals surface area (Å²) in [7, 11) is 0. The van der Waals surface area contributed by atoms with E-state index in [1.54, 1.807) is 0 Å². The van der Waals surface area contributed by atoms with Gasteiger partial charge in [0.1, 0.15) is 0 Å². The number of aryl methyl sites for hydroxylation is 4. The Morgan fingerprint density at radius 2 is 1.10 bits per heavy atom. The predicted molar refractivity (Wildman–Crippen MR) is 164 cm³/mol. The normalized spacial score (nSPS) is 11.2. The van der Waals surface area contributed by atoms with E-state index in [0.29, 0.717) is 11.1 Å². The fourth-order valence-corrected chi connectivity index (χ4v) is 4.04. The molecule has 0 saturated carbocycles. The summed E-state index contributed by atoms with van der Waals surface area (Å²) in [5.41, 5.74) is 6.89. The number of benzene rings is 3. The molecule has 3 aromatic carbocycles. The molecular weight excluding hydrogens is 539 g/mol. The van der Waals surface area contributed by atoms with Crippen LogP contribution in [0.4, 0.5) is 11.4 Å². The minimum Gasteiger partial charge on any atom is -0.873 e. The molecule has 0 aliphatic carbocycles. The average molecular weight is 585 g/mol. The van der Waals surface area contributed by atoms with Crippen molar-refractivity contribution in [1.29, 1.82) is 0 Å². The van der Waals surface area contributed by atoms with Gasteiger partial charge in [0.2, 0.25) is 0 Å². The fraction of sp³-hybridized carbons (Fsp3) is 0.429. The van der Waals surface area contributed by atoms with Crippen molar-refractivity contribution in [3.8, 4) is 11.5 Å². The summed E-state index contributed by atoms with van der Waals surface area (Å²) in [5.74, 6) is -0.540. The second-order valence-electron chi connectivity index (χ2n) is 10.2. The Bertz CT molecular complexity index is 1170. The van der Waals surface area contributed by atoms with Crippen LogP contribution in [0.3, 0.4) is 0 Å². The van der Waals surface area contributed by atoms with Gasteiger partial charge in [0.05, 0.1) is 17.1 Å². The zero-order chi connectivity index (χ0) is 28.5. The van der Waals surface area contributed by atoms with Gasteiger partial charge in [-0.1, -0.05) is 105 Å². The van der Waals surface area contributed by atoms with Gasteiger partial charge in [-0.25, -0.2) is 0 Å². The van der Waals surface area contributed by atoms with Gasteiger partial charge in [0.15, 0.2) is 0 Å². The monoisotopic (exact) mass is 584 g/mol. The maximum absolute atomic E-state index is 11.8. The van der Waals surface area contributed by atoms with Crippen molar-refractivity contribution in [2.24, 2.45) is 9.98 Å². The van der Waals surface area contributed by atoms with Crippen molar-refractivity contribution in [1.82, 2.24) is 0 Å². The van der Waals surface area contributed by atoms with Crippen LogP contribution in [0.15, 0.2) is 70.6 Å². The van der Waals surface area contributed by atoms with E-state index in [4.69, 9.17) is 4.99 Å². The molecule has 0 N–H and O–H groups in total. The summed E-state index contributed by atoms with van der Waals surface area (Å²) in [4.78, 5) is 9.30. The molecule has 3 aromatic rings. The molecule has 218 valence electrons. The molecule has 0 saturated heterocycles. The minimum atomic E-state index is -0.271. The Morgan fingerprint density at radius 3 is 1.60 bits per heavy atom. The first kappa shape index (κ1) is 35.1. The van der Waals surface area contributed by atoms with Gasteiger partial charge in [-0.05, 0) is 76.6 Å². The molecule has 0 aliphatic rings. The zero-order valence-electron chi connectivity index (χ0n) is 24.9. The molecular formula is C35H46N2NiO2. The van der Waals surface area contributed by atoms with Gasteiger partial charge < -0.3 is 10.2 Å². The Kier molecular flexibility index (Phi) is 17.6. The van der Waals surface area contributed by atoms with Crippen LogP contribution < -0.4 is 10.2 Å². The minimum absolute atomic E-state index is 0. The first-order chi connectivity index (χ1) is 18.9. The van der Waals surface area contributed by atoms with Gasteiger partial charge in [-0.3, -0.25) is 9.98 Å². The Balaban J connectivity index is 0.000000403. The van der Waals surface area contributed by atoms with Crippen LogP contribution in [-0.2, 0) is 29.3 Å². The van der Waals surface area contributed by atoms with Gasteiger partial charge in [-0.2, -0.15) is 0 Å². The number of hydrogen-bond donors (Lipinski definition) is 0. The molecule has 0 bridgehead atoms. The SMILES string of the molecule is CCCCC(C=Nc1ccc(C)cc1)=Nc1ccc(C)cc1.CCCCCc1ccc(CCCC)c([O-])c1[O-].[Ni+2]. The summed E-state index contributed by atoms with van der Waals surface area (Å²) in [6, 6.07) is 20.2. The summed E-state index contributed by atoms with van der Waals surface area (Å²) in [5, 5.41) is 23.7. The van der Waals surface area contributed by atoms with Gasteiger partial charge in [-0.15, -0.1) is 11.5 Å². The molecule has 0 spiro atoms. The van der Waals surface area contributed by atoms with E-state index in [1.807, 2.05) is 30.5 Å². The van der Waals surface area contributed by atoms with Gasteiger partial charge in [0, 0.05) is 6.21 Å². The van der Waals surface area contributed by atoms with Crippen LogP contribution in [-0.4, -0.2) is 11.9 Å². The topological polar surface area (TPSA) is 70.8 Å². The Hall–Kier alpha value is -2.91. The van der Waals surface area contributed by atoms with Crippen LogP contribution in [0.25, 0.3) is 0 Å². The number of unbranched alkanes of at least 4 members (excludes halogenated alkanes) is 4. The average Bonchev–Trinajstić information content (AvgIpc) is 2.94. The first-order valence-corrected chi connectivity index (χ1v) is 14.6. The molecule has 0 atom stereocenters. The van der Waals surface area contributed by atoms with Crippen molar-refractivity contribution in [2.75, 3.05) is 0 Å². The maximum Gasteiger partial charge on any atom is 2.00 e. The van der Waals surface area contributed by atoms with E-state index in [-0.39, 0.29) is 28.0 Å². The molecule has 0 radical (unpaired) electrons. The largest absolute Gasteiger partial charge is 2.00 e. The third-order valence-electron chi connectivity index (χ3n) is 6.61. The molecule has 40 heavy (non-hydrogen) atoms. The van der Waals surface area contributed by atoms with Crippen molar-refractivity contribution < 1.29 is 26.7 Å². The van der Waals surface area contributed by atoms with E-state index in [0.717, 1.165) is 81.3 Å². The summed E-state index contributed by atoms with van der Waals surface area (Å²) >= 11 is 0. The van der Waals surface area contributed by atoms with Gasteiger partial charge in [0.25, 0.3) is 0 Å². The van der Waals surface area contributed by atoms with Crippen LogP contribution in [0.5, 0.6) is 11.5 Å². The molecule has 5 heteroatoms. The summed E-state index contributed by atoms with van der Waals surface area (Å²) in [6.07, 6.45) is 11.9. The molecule has 0 fully saturated rings. The maximum atomic E-state index is 11.8. The number of rotatable bonds is 13. The van der Waals surface area contributed by atoms with E-state index in [1.165, 1.54) is 11.1 Å². The van der Waals surface area contributed by atoms with Crippen molar-refractivity contribution >= 4 is 23.3 Å². The van der Waals surface area contributed by atoms with Crippen molar-refractivity contribution in [2.45, 2.75) is 98.8 Å². The standard InChI is InChI=1S/C20H24N2.C15H24O2.Ni/c1-4-5-6-20(22-19-13-9-17(3)10-14-19)15-21-18-11-7-16(2)8-12-18;1-3-5-7-9-13-11-10-12(8-6-4-2)14(16)15(13)17;/h7-15H,4-6H2,1-3H3;10-11,16-17H,3-9H2,1-2H3;/q;;+2/p-2. The van der Waals surface area contributed by atoms with Gasteiger partial charge >= 0.3 is 16.5 Å². The number of nitrogens with zero attached hydrogens (tertiary/aromatic N) is 2. The smallest absolute Gasteiger partial charge is 0.873 e. The van der Waals surface area contributed by atoms with Crippen LogP contribution in [0.2, 0.25) is 0 Å². The third kappa shape index (κ3) is 13.0. The van der Waals surface area contributed by atoms with Crippen molar-refractivity contribution in [3.05, 3.63) is 82.9 Å². The van der Waals surface area contributed by atoms with Crippen LogP contribution >= 0.6 is 0 Å². The number of hydrogen-bond acceptors (Lipinski definition) is 4. The van der Waals surface area contributed by atoms with E-state index in [9.17, 15) is 10.2 Å². The molecule has 0 amide bonds. The third-order valence-corrected chi connectivity index (χ3v) is 6.61. The molecule has 0 heterocycles. The van der Waals surface area contributed by atoms with E-state index >= 15 is 0 Å². The van der Waals surface area contributed by atoms with E-state index < -0.39 is 0 Å². The fourth-order valence-electron chi connectivity index (χ4n) is 4.04. The first-order valence-electron chi connectivity index (χ1n) is 14.6. The Labute approximate surface area is 252 Å². The Morgan fingerprint density at radius 1 is 0.625 bits per heavy atom. The zero-order valence-corrected chi connectivity index (χ0v) is 25.9. The molecule has 0 unspecified atom stereocenters. The van der Waals surface area contributed by atoms with Crippen LogP contribution in [0, 0.1) is 13.8 Å². The second-order valence-corrected chi connectivity index (χ2v) is 10.2. The summed E-state index contributed by atoms with van der Waals surface area (Å²) in [6.45, 7) is 10.6. The quantitative estimate of drug-likeness (QED) is 0.114. The molecule has 3 rings (SSSR count). The van der Waals surface area contributed by atoms with Crippen LogP contribution in [0.1, 0.15) is 94.4 Å². The second kappa shape index (κ2) is 20.0. The van der Waals surface area contributed by atoms with E-state index in [2.05, 4.69) is 76.0 Å². The van der Waals surface area contributed by atoms with Crippen molar-refractivity contribution in [3.63, 3.8) is 0 Å². The molecule has 0 aromatic heterocycles. The number of aliphatic imine (C=N–C) groups is 2. The molecule has 4 nitrogen and oxygen atoms in total. The summed E-state index contributed by atoms with van der Waals surface area (Å²) < 4.78 is 0. The predicted octanol–water partition coefficient (Wildman–Crippen LogP) is 8.88. The molecule has 0 aliphatic heterocycles.